The van der Waals surface area contributed by atoms with Gasteiger partial charge in [-0.15, -0.1) is 4.72 Å². The van der Waals surface area contributed by atoms with Crippen LogP contribution in [0, 0.1) is 18.8 Å². The van der Waals surface area contributed by atoms with E-state index in [0.29, 0.717) is 5.92 Å². The van der Waals surface area contributed by atoms with Gasteiger partial charge in [-0.1, -0.05) is 17.7 Å². The Balaban J connectivity index is 1.83. The van der Waals surface area contributed by atoms with Crippen molar-refractivity contribution < 1.29 is 17.2 Å². The fourth-order valence-electron chi connectivity index (χ4n) is 2.46. The zero-order valence-corrected chi connectivity index (χ0v) is 16.5. The first-order valence-corrected chi connectivity index (χ1v) is 10.7. The summed E-state index contributed by atoms with van der Waals surface area (Å²) in [6.07, 6.45) is 0.888. The molecule has 136 valence electrons. The Hall–Kier alpha value is -0.600. The molecule has 1 aliphatic rings. The maximum Gasteiger partial charge on any atom is 0.296 e. The molecule has 1 fully saturated rings. The summed E-state index contributed by atoms with van der Waals surface area (Å²) in [6, 6.07) is 6.70. The van der Waals surface area contributed by atoms with E-state index in [4.69, 9.17) is 4.18 Å². The SMILES string of the molecule is Cc1ccc(S(=O)(=O)OC[C@@H]2C[C@H]2C(C)N[S+]([O-])C(C)(C)C)cc1. The molecule has 0 spiro atoms. The van der Waals surface area contributed by atoms with Crippen LogP contribution in [-0.2, 0) is 25.7 Å². The average molecular weight is 374 g/mol. The highest BCUT2D eigenvalue weighted by Crippen LogP contribution is 2.42. The highest BCUT2D eigenvalue weighted by atomic mass is 32.2. The van der Waals surface area contributed by atoms with Crippen molar-refractivity contribution in [3.8, 4) is 0 Å². The van der Waals surface area contributed by atoms with Gasteiger partial charge in [0.2, 0.25) is 0 Å². The second-order valence-corrected chi connectivity index (χ2v) is 11.1. The van der Waals surface area contributed by atoms with Crippen LogP contribution in [0.5, 0.6) is 0 Å². The second-order valence-electron chi connectivity index (χ2n) is 7.50. The monoisotopic (exact) mass is 373 g/mol. The van der Waals surface area contributed by atoms with E-state index in [2.05, 4.69) is 4.72 Å². The summed E-state index contributed by atoms with van der Waals surface area (Å²) in [4.78, 5) is 0.185. The molecule has 0 heterocycles. The van der Waals surface area contributed by atoms with E-state index in [9.17, 15) is 13.0 Å². The van der Waals surface area contributed by atoms with Crippen molar-refractivity contribution in [3.05, 3.63) is 29.8 Å². The Labute approximate surface area is 148 Å². The summed E-state index contributed by atoms with van der Waals surface area (Å²) < 4.78 is 44.5. The van der Waals surface area contributed by atoms with Gasteiger partial charge in [0, 0.05) is 11.4 Å². The summed E-state index contributed by atoms with van der Waals surface area (Å²) in [5.74, 6) is 0.481. The largest absolute Gasteiger partial charge is 0.598 e. The van der Waals surface area contributed by atoms with Crippen molar-refractivity contribution >= 4 is 21.5 Å². The van der Waals surface area contributed by atoms with E-state index in [-0.39, 0.29) is 28.2 Å². The number of hydrogen-bond acceptors (Lipinski definition) is 5. The predicted molar refractivity (Wildman–Crippen MR) is 96.4 cm³/mol. The van der Waals surface area contributed by atoms with Gasteiger partial charge in [0.25, 0.3) is 10.1 Å². The van der Waals surface area contributed by atoms with E-state index in [0.717, 1.165) is 12.0 Å². The second kappa shape index (κ2) is 7.33. The Kier molecular flexibility index (Phi) is 6.03. The van der Waals surface area contributed by atoms with Gasteiger partial charge in [-0.3, -0.25) is 4.18 Å². The highest BCUT2D eigenvalue weighted by Gasteiger charge is 2.44. The average Bonchev–Trinajstić information content (AvgIpc) is 3.24. The van der Waals surface area contributed by atoms with Crippen LogP contribution in [-0.4, -0.2) is 30.4 Å². The minimum Gasteiger partial charge on any atom is -0.598 e. The first kappa shape index (κ1) is 19.7. The topological polar surface area (TPSA) is 78.5 Å². The minimum absolute atomic E-state index is 0.0701. The molecule has 0 aliphatic heterocycles. The van der Waals surface area contributed by atoms with E-state index in [1.165, 1.54) is 0 Å². The molecule has 0 bridgehead atoms. The van der Waals surface area contributed by atoms with Crippen LogP contribution < -0.4 is 4.72 Å². The van der Waals surface area contributed by atoms with Crippen molar-refractivity contribution in [2.24, 2.45) is 11.8 Å². The summed E-state index contributed by atoms with van der Waals surface area (Å²) in [5, 5.41) is 0. The Morgan fingerprint density at radius 1 is 1.33 bits per heavy atom. The van der Waals surface area contributed by atoms with Crippen LogP contribution in [0.15, 0.2) is 29.2 Å². The minimum atomic E-state index is -3.71. The highest BCUT2D eigenvalue weighted by molar-refractivity contribution is 7.90. The predicted octanol–water partition coefficient (Wildman–Crippen LogP) is 2.78. The van der Waals surface area contributed by atoms with Gasteiger partial charge in [-0.2, -0.15) is 8.42 Å². The zero-order chi connectivity index (χ0) is 18.1. The van der Waals surface area contributed by atoms with Gasteiger partial charge in [0.15, 0.2) is 0 Å². The van der Waals surface area contributed by atoms with Crippen molar-refractivity contribution in [1.82, 2.24) is 4.72 Å². The van der Waals surface area contributed by atoms with E-state index in [1.807, 2.05) is 34.6 Å². The fraction of sp³-hybridized carbons (Fsp3) is 0.647. The molecular formula is C17H27NO4S2. The number of benzene rings is 1. The molecule has 1 aromatic rings. The first-order chi connectivity index (χ1) is 11.0. The van der Waals surface area contributed by atoms with Crippen LogP contribution in [0.25, 0.3) is 0 Å². The third-order valence-corrected chi connectivity index (χ3v) is 7.21. The Morgan fingerprint density at radius 2 is 1.92 bits per heavy atom. The van der Waals surface area contributed by atoms with Crippen molar-refractivity contribution in [1.29, 1.82) is 0 Å². The molecular weight excluding hydrogens is 346 g/mol. The van der Waals surface area contributed by atoms with Gasteiger partial charge < -0.3 is 4.55 Å². The van der Waals surface area contributed by atoms with Gasteiger partial charge in [0.05, 0.1) is 17.5 Å². The fourth-order valence-corrected chi connectivity index (χ4v) is 4.28. The van der Waals surface area contributed by atoms with Crippen LogP contribution in [0.1, 0.15) is 39.7 Å². The lowest BCUT2D eigenvalue weighted by Gasteiger charge is -2.26. The lowest BCUT2D eigenvalue weighted by molar-refractivity contribution is 0.290. The summed E-state index contributed by atoms with van der Waals surface area (Å²) >= 11 is -1.13. The molecule has 2 unspecified atom stereocenters. The van der Waals surface area contributed by atoms with Gasteiger partial charge in [0.1, 0.15) is 4.75 Å². The molecule has 0 saturated heterocycles. The van der Waals surface area contributed by atoms with E-state index in [1.54, 1.807) is 24.3 Å². The molecule has 2 rings (SSSR count). The number of nitrogens with one attached hydrogen (secondary N) is 1. The lowest BCUT2D eigenvalue weighted by Crippen LogP contribution is -2.44. The first-order valence-electron chi connectivity index (χ1n) is 8.15. The third-order valence-electron chi connectivity index (χ3n) is 4.22. The Morgan fingerprint density at radius 3 is 2.46 bits per heavy atom. The molecule has 0 amide bonds. The smallest absolute Gasteiger partial charge is 0.296 e. The third kappa shape index (κ3) is 5.20. The number of aryl methyl sites for hydroxylation is 1. The lowest BCUT2D eigenvalue weighted by atomic mass is 10.2. The molecule has 7 heteroatoms. The summed E-state index contributed by atoms with van der Waals surface area (Å²) in [6.45, 7) is 9.83. The molecule has 1 N–H and O–H groups in total. The molecule has 5 nitrogen and oxygen atoms in total. The van der Waals surface area contributed by atoms with Crippen LogP contribution in [0.4, 0.5) is 0 Å². The van der Waals surface area contributed by atoms with Gasteiger partial charge in [-0.25, -0.2) is 0 Å². The number of rotatable bonds is 7. The maximum absolute atomic E-state index is 12.2. The summed E-state index contributed by atoms with van der Waals surface area (Å²) in [7, 11) is -3.71. The quantitative estimate of drug-likeness (QED) is 0.587. The molecule has 0 aromatic heterocycles. The van der Waals surface area contributed by atoms with Gasteiger partial charge >= 0.3 is 0 Å². The van der Waals surface area contributed by atoms with Crippen molar-refractivity contribution in [2.75, 3.05) is 6.61 Å². The normalized spacial score (nSPS) is 23.8. The van der Waals surface area contributed by atoms with Crippen LogP contribution >= 0.6 is 0 Å². The Bertz CT molecular complexity index is 652. The van der Waals surface area contributed by atoms with Crippen LogP contribution in [0.3, 0.4) is 0 Å². The molecule has 0 radical (unpaired) electrons. The zero-order valence-electron chi connectivity index (χ0n) is 14.9. The maximum atomic E-state index is 12.2. The van der Waals surface area contributed by atoms with Crippen LogP contribution in [0.2, 0.25) is 0 Å². The molecule has 4 atom stereocenters. The summed E-state index contributed by atoms with van der Waals surface area (Å²) in [5.41, 5.74) is 1.00. The number of hydrogen-bond donors (Lipinski definition) is 1. The van der Waals surface area contributed by atoms with E-state index >= 15 is 0 Å². The molecule has 24 heavy (non-hydrogen) atoms. The molecule has 1 aliphatic carbocycles. The standard InChI is InChI=1S/C17H27NO4S2/c1-12-6-8-15(9-7-12)24(20,21)22-11-14-10-16(14)13(2)18-23(19)17(3,4)5/h6-9,13-14,16,18H,10-11H2,1-5H3/t13?,14-,16-,23?/m0/s1. The van der Waals surface area contributed by atoms with E-state index < -0.39 is 21.5 Å². The van der Waals surface area contributed by atoms with Crippen molar-refractivity contribution in [2.45, 2.75) is 56.7 Å². The van der Waals surface area contributed by atoms with Gasteiger partial charge in [-0.05, 0) is 65.0 Å². The molecule has 1 saturated carbocycles. The molecule has 1 aromatic carbocycles. The van der Waals surface area contributed by atoms with Crippen molar-refractivity contribution in [3.63, 3.8) is 0 Å².